The average Bonchev–Trinajstić information content (AvgIpc) is 3.20. The monoisotopic (exact) mass is 532 g/mol. The number of nitrogens with zero attached hydrogens (tertiary/aromatic N) is 2. The Morgan fingerprint density at radius 1 is 1.16 bits per heavy atom. The van der Waals surface area contributed by atoms with Crippen molar-refractivity contribution >= 4 is 23.4 Å². The number of esters is 1. The van der Waals surface area contributed by atoms with Gasteiger partial charge >= 0.3 is 5.97 Å². The first-order valence-electron chi connectivity index (χ1n) is 11.9. The number of terminal acetylenes is 1. The second-order valence-corrected chi connectivity index (χ2v) is 9.72. The van der Waals surface area contributed by atoms with Gasteiger partial charge in [-0.25, -0.2) is 9.79 Å². The van der Waals surface area contributed by atoms with Crippen molar-refractivity contribution in [1.29, 1.82) is 0 Å². The van der Waals surface area contributed by atoms with Crippen LogP contribution in [-0.2, 0) is 9.53 Å². The fraction of sp³-hybridized carbons (Fsp3) is 0.276. The highest BCUT2D eigenvalue weighted by Crippen LogP contribution is 2.32. The van der Waals surface area contributed by atoms with E-state index in [1.807, 2.05) is 18.2 Å². The lowest BCUT2D eigenvalue weighted by molar-refractivity contribution is -0.143. The van der Waals surface area contributed by atoms with Crippen molar-refractivity contribution < 1.29 is 23.7 Å². The molecule has 0 bridgehead atoms. The summed E-state index contributed by atoms with van der Waals surface area (Å²) in [5, 5.41) is 0. The summed E-state index contributed by atoms with van der Waals surface area (Å²) in [7, 11) is 3.11. The van der Waals surface area contributed by atoms with Crippen LogP contribution in [0.5, 0.6) is 17.2 Å². The summed E-state index contributed by atoms with van der Waals surface area (Å²) in [4.78, 5) is 32.1. The molecule has 1 atom stereocenters. The van der Waals surface area contributed by atoms with Crippen molar-refractivity contribution in [1.82, 2.24) is 4.57 Å². The van der Waals surface area contributed by atoms with E-state index >= 15 is 0 Å². The predicted octanol–water partition coefficient (Wildman–Crippen LogP) is 3.22. The molecule has 0 N–H and O–H groups in total. The van der Waals surface area contributed by atoms with Crippen LogP contribution in [0.1, 0.15) is 37.9 Å². The van der Waals surface area contributed by atoms with Crippen LogP contribution >= 0.6 is 11.3 Å². The molecule has 0 saturated carbocycles. The largest absolute Gasteiger partial charge is 0.497 e. The topological polar surface area (TPSA) is 88.4 Å². The van der Waals surface area contributed by atoms with Gasteiger partial charge in [-0.1, -0.05) is 35.5 Å². The molecule has 2 heterocycles. The summed E-state index contributed by atoms with van der Waals surface area (Å²) >= 11 is 1.24. The van der Waals surface area contributed by atoms with Gasteiger partial charge in [0.25, 0.3) is 5.56 Å². The van der Waals surface area contributed by atoms with E-state index in [0.29, 0.717) is 37.9 Å². The number of ether oxygens (including phenoxy) is 4. The molecule has 0 radical (unpaired) electrons. The summed E-state index contributed by atoms with van der Waals surface area (Å²) in [6.45, 7) is 5.43. The second-order valence-electron chi connectivity index (χ2n) is 8.71. The van der Waals surface area contributed by atoms with Crippen LogP contribution in [0.4, 0.5) is 0 Å². The van der Waals surface area contributed by atoms with Gasteiger partial charge in [-0.15, -0.1) is 6.42 Å². The van der Waals surface area contributed by atoms with E-state index in [1.54, 1.807) is 62.8 Å². The summed E-state index contributed by atoms with van der Waals surface area (Å²) in [6.07, 6.45) is 6.72. The maximum atomic E-state index is 13.8. The zero-order chi connectivity index (χ0) is 27.4. The third-order valence-electron chi connectivity index (χ3n) is 5.81. The Balaban J connectivity index is 1.87. The number of benzene rings is 2. The minimum Gasteiger partial charge on any atom is -0.497 e. The highest BCUT2D eigenvalue weighted by molar-refractivity contribution is 7.07. The third kappa shape index (κ3) is 5.36. The molecular weight excluding hydrogens is 504 g/mol. The fourth-order valence-electron chi connectivity index (χ4n) is 4.13. The van der Waals surface area contributed by atoms with E-state index < -0.39 is 12.0 Å². The van der Waals surface area contributed by atoms with Gasteiger partial charge in [-0.3, -0.25) is 9.36 Å². The van der Waals surface area contributed by atoms with Gasteiger partial charge in [0.05, 0.1) is 42.2 Å². The summed E-state index contributed by atoms with van der Waals surface area (Å²) in [5.41, 5.74) is 2.01. The van der Waals surface area contributed by atoms with Gasteiger partial charge < -0.3 is 18.9 Å². The van der Waals surface area contributed by atoms with Gasteiger partial charge in [0.15, 0.2) is 16.3 Å². The van der Waals surface area contributed by atoms with E-state index in [4.69, 9.17) is 25.4 Å². The second kappa shape index (κ2) is 11.4. The van der Waals surface area contributed by atoms with Crippen LogP contribution in [0.15, 0.2) is 63.5 Å². The molecule has 1 aliphatic rings. The first kappa shape index (κ1) is 26.8. The Morgan fingerprint density at radius 2 is 1.89 bits per heavy atom. The number of carbonyl (C=O) groups is 1. The van der Waals surface area contributed by atoms with Crippen LogP contribution < -0.4 is 29.1 Å². The SMILES string of the molecule is C#CCOc1ccc(/C=c2\sc3n(c2=O)[C@@H](c2ccc(OC)cc2)C(C(=O)OC(C)C)=C(C)N=3)cc1OC. The summed E-state index contributed by atoms with van der Waals surface area (Å²) in [5.74, 6) is 3.58. The predicted molar refractivity (Wildman–Crippen MR) is 145 cm³/mol. The number of rotatable bonds is 8. The minimum atomic E-state index is -0.709. The fourth-order valence-corrected chi connectivity index (χ4v) is 5.17. The highest BCUT2D eigenvalue weighted by Gasteiger charge is 2.33. The Kier molecular flexibility index (Phi) is 8.03. The molecule has 0 fully saturated rings. The minimum absolute atomic E-state index is 0.112. The van der Waals surface area contributed by atoms with Crippen LogP contribution in [0.25, 0.3) is 6.08 Å². The number of allylic oxidation sites excluding steroid dienone is 1. The molecule has 4 rings (SSSR count). The van der Waals surface area contributed by atoms with E-state index in [9.17, 15) is 9.59 Å². The molecule has 3 aromatic rings. The van der Waals surface area contributed by atoms with Crippen molar-refractivity contribution in [2.75, 3.05) is 20.8 Å². The summed E-state index contributed by atoms with van der Waals surface area (Å²) in [6, 6.07) is 11.9. The Bertz CT molecular complexity index is 1610. The van der Waals surface area contributed by atoms with Crippen LogP contribution in [0.2, 0.25) is 0 Å². The average molecular weight is 533 g/mol. The Hall–Kier alpha value is -4.29. The summed E-state index contributed by atoms with van der Waals surface area (Å²) < 4.78 is 23.8. The molecule has 0 spiro atoms. The van der Waals surface area contributed by atoms with Gasteiger partial charge in [0, 0.05) is 0 Å². The number of hydrogen-bond acceptors (Lipinski definition) is 8. The third-order valence-corrected chi connectivity index (χ3v) is 6.80. The van der Waals surface area contributed by atoms with Gasteiger partial charge in [0.2, 0.25) is 0 Å². The standard InChI is InChI=1S/C29H28N2O6S/c1-7-14-36-22-13-8-19(15-23(22)35-6)16-24-27(32)31-26(20-9-11-21(34-5)12-10-20)25(28(33)37-17(2)3)18(4)30-29(31)38-24/h1,8-13,15-17,26H,14H2,2-6H3/b24-16-/t26-/m0/s1. The molecule has 0 unspecified atom stereocenters. The number of carbonyl (C=O) groups excluding carboxylic acids is 1. The quantitative estimate of drug-likeness (QED) is 0.327. The van der Waals surface area contributed by atoms with Crippen LogP contribution in [0, 0.1) is 12.3 Å². The molecule has 1 aliphatic heterocycles. The molecule has 0 aliphatic carbocycles. The van der Waals surface area contributed by atoms with E-state index in [-0.39, 0.29) is 18.3 Å². The number of hydrogen-bond donors (Lipinski definition) is 0. The zero-order valence-corrected chi connectivity index (χ0v) is 22.6. The Labute approximate surface area is 224 Å². The first-order valence-corrected chi connectivity index (χ1v) is 12.7. The number of thiazole rings is 1. The molecule has 0 amide bonds. The van der Waals surface area contributed by atoms with Crippen LogP contribution in [-0.4, -0.2) is 37.5 Å². The van der Waals surface area contributed by atoms with Gasteiger partial charge in [0.1, 0.15) is 12.4 Å². The number of aromatic nitrogens is 1. The van der Waals surface area contributed by atoms with E-state index in [1.165, 1.54) is 18.4 Å². The highest BCUT2D eigenvalue weighted by atomic mass is 32.1. The van der Waals surface area contributed by atoms with Crippen molar-refractivity contribution in [3.63, 3.8) is 0 Å². The lowest BCUT2D eigenvalue weighted by atomic mass is 9.96. The molecule has 9 heteroatoms. The maximum Gasteiger partial charge on any atom is 0.338 e. The normalized spacial score (nSPS) is 15.0. The molecular formula is C29H28N2O6S. The molecule has 8 nitrogen and oxygen atoms in total. The van der Waals surface area contributed by atoms with Crippen molar-refractivity contribution in [3.05, 3.63) is 84.5 Å². The molecule has 0 saturated heterocycles. The number of methoxy groups -OCH3 is 2. The van der Waals surface area contributed by atoms with Crippen molar-refractivity contribution in [3.8, 4) is 29.6 Å². The van der Waals surface area contributed by atoms with Crippen LogP contribution in [0.3, 0.4) is 0 Å². The van der Waals surface area contributed by atoms with Gasteiger partial charge in [-0.2, -0.15) is 0 Å². The maximum absolute atomic E-state index is 13.8. The van der Waals surface area contributed by atoms with E-state index in [2.05, 4.69) is 10.9 Å². The lowest BCUT2D eigenvalue weighted by Crippen LogP contribution is -2.40. The van der Waals surface area contributed by atoms with Gasteiger partial charge in [-0.05, 0) is 62.2 Å². The van der Waals surface area contributed by atoms with E-state index in [0.717, 1.165) is 11.1 Å². The molecule has 1 aromatic heterocycles. The zero-order valence-electron chi connectivity index (χ0n) is 21.8. The first-order chi connectivity index (χ1) is 18.3. The molecule has 196 valence electrons. The van der Waals surface area contributed by atoms with Crippen molar-refractivity contribution in [2.24, 2.45) is 4.99 Å². The smallest absolute Gasteiger partial charge is 0.338 e. The number of fused-ring (bicyclic) bond motifs is 1. The Morgan fingerprint density at radius 3 is 2.53 bits per heavy atom. The molecule has 38 heavy (non-hydrogen) atoms. The van der Waals surface area contributed by atoms with Crippen molar-refractivity contribution in [2.45, 2.75) is 32.9 Å². The molecule has 2 aromatic carbocycles. The lowest BCUT2D eigenvalue weighted by Gasteiger charge is -2.25.